The molecule has 2 rings (SSSR count). The first kappa shape index (κ1) is 14.6. The number of β-amino-alcohol motifs (C(OH)–C–C–N with tert-alkyl or cyclic N) is 1. The molecule has 0 spiro atoms. The van der Waals surface area contributed by atoms with E-state index in [2.05, 4.69) is 4.74 Å². The normalized spacial score (nSPS) is 29.6. The first-order valence-corrected chi connectivity index (χ1v) is 6.48. The van der Waals surface area contributed by atoms with Crippen molar-refractivity contribution in [2.24, 2.45) is 5.92 Å². The highest BCUT2D eigenvalue weighted by molar-refractivity contribution is 5.84. The Hall–Kier alpha value is -1.83. The Kier molecular flexibility index (Phi) is 4.12. The monoisotopic (exact) mass is 286 g/mol. The predicted octanol–water partition coefficient (Wildman–Crippen LogP) is -0.879. The Morgan fingerprint density at radius 3 is 2.55 bits per heavy atom. The maximum absolute atomic E-state index is 12.3. The number of aliphatic hydroxyl groups excluding tert-OH is 1. The lowest BCUT2D eigenvalue weighted by atomic mass is 10.1. The van der Waals surface area contributed by atoms with Gasteiger partial charge in [0.2, 0.25) is 0 Å². The van der Waals surface area contributed by atoms with Crippen molar-refractivity contribution in [3.63, 3.8) is 0 Å². The molecule has 0 aromatic heterocycles. The van der Waals surface area contributed by atoms with Crippen molar-refractivity contribution in [3.8, 4) is 0 Å². The number of esters is 1. The Bertz CT molecular complexity index is 426. The second-order valence-corrected chi connectivity index (χ2v) is 5.13. The minimum absolute atomic E-state index is 0.00912. The molecule has 2 saturated heterocycles. The Balaban J connectivity index is 2.01. The smallest absolute Gasteiger partial charge is 0.326 e. The number of nitrogens with zero attached hydrogens (tertiary/aromatic N) is 2. The molecule has 8 heteroatoms. The average molecular weight is 286 g/mol. The van der Waals surface area contributed by atoms with E-state index in [0.717, 1.165) is 4.90 Å². The molecular weight excluding hydrogens is 268 g/mol. The number of hydrogen-bond donors (Lipinski definition) is 2. The number of aliphatic hydroxyl groups is 1. The fourth-order valence-electron chi connectivity index (χ4n) is 2.73. The second kappa shape index (κ2) is 5.66. The number of urea groups is 1. The maximum atomic E-state index is 12.3. The van der Waals surface area contributed by atoms with Crippen LogP contribution in [0.25, 0.3) is 0 Å². The van der Waals surface area contributed by atoms with E-state index in [0.29, 0.717) is 13.0 Å². The van der Waals surface area contributed by atoms with Gasteiger partial charge < -0.3 is 24.7 Å². The first-order chi connectivity index (χ1) is 9.43. The van der Waals surface area contributed by atoms with E-state index < -0.39 is 24.1 Å². The summed E-state index contributed by atoms with van der Waals surface area (Å²) in [4.78, 5) is 37.4. The number of aliphatic carboxylic acids is 1. The summed E-state index contributed by atoms with van der Waals surface area (Å²) in [5, 5.41) is 18.6. The summed E-state index contributed by atoms with van der Waals surface area (Å²) in [5.41, 5.74) is 0. The lowest BCUT2D eigenvalue weighted by molar-refractivity contribution is -0.145. The minimum Gasteiger partial charge on any atom is -0.480 e. The second-order valence-electron chi connectivity index (χ2n) is 5.13. The Labute approximate surface area is 115 Å². The van der Waals surface area contributed by atoms with E-state index in [-0.39, 0.29) is 31.4 Å². The van der Waals surface area contributed by atoms with E-state index in [9.17, 15) is 19.5 Å². The third kappa shape index (κ3) is 2.69. The first-order valence-electron chi connectivity index (χ1n) is 6.48. The van der Waals surface area contributed by atoms with Crippen molar-refractivity contribution in [2.45, 2.75) is 25.0 Å². The standard InChI is InChI=1S/C12H18N2O6/c1-20-11(18)7-2-3-13(5-7)12(19)14-6-8(15)4-9(14)10(16)17/h7-9,15H,2-6H2,1H3,(H,16,17). The summed E-state index contributed by atoms with van der Waals surface area (Å²) < 4.78 is 4.64. The molecule has 0 radical (unpaired) electrons. The molecule has 0 saturated carbocycles. The molecule has 2 N–H and O–H groups in total. The van der Waals surface area contributed by atoms with Crippen LogP contribution in [0, 0.1) is 5.92 Å². The Morgan fingerprint density at radius 2 is 1.95 bits per heavy atom. The number of carbonyl (C=O) groups is 3. The number of hydrogen-bond acceptors (Lipinski definition) is 5. The molecule has 0 aromatic rings. The summed E-state index contributed by atoms with van der Waals surface area (Å²) in [7, 11) is 1.30. The number of carboxylic acids is 1. The SMILES string of the molecule is COC(=O)C1CCN(C(=O)N2CC(O)CC2C(=O)O)C1. The predicted molar refractivity (Wildman–Crippen MR) is 65.8 cm³/mol. The zero-order valence-corrected chi connectivity index (χ0v) is 11.2. The summed E-state index contributed by atoms with van der Waals surface area (Å²) in [6.45, 7) is 0.622. The number of carboxylic acid groups (broad SMARTS) is 1. The third-order valence-corrected chi connectivity index (χ3v) is 3.80. The van der Waals surface area contributed by atoms with Crippen molar-refractivity contribution in [2.75, 3.05) is 26.7 Å². The highest BCUT2D eigenvalue weighted by atomic mass is 16.5. The Morgan fingerprint density at radius 1 is 1.25 bits per heavy atom. The molecule has 3 unspecified atom stereocenters. The number of rotatable bonds is 2. The van der Waals surface area contributed by atoms with Gasteiger partial charge in [0.05, 0.1) is 19.1 Å². The fourth-order valence-corrected chi connectivity index (χ4v) is 2.73. The van der Waals surface area contributed by atoms with E-state index >= 15 is 0 Å². The average Bonchev–Trinajstić information content (AvgIpc) is 3.03. The van der Waals surface area contributed by atoms with Gasteiger partial charge in [-0.05, 0) is 6.42 Å². The van der Waals surface area contributed by atoms with Crippen molar-refractivity contribution >= 4 is 18.0 Å². The van der Waals surface area contributed by atoms with Crippen molar-refractivity contribution < 1.29 is 29.3 Å². The maximum Gasteiger partial charge on any atom is 0.326 e. The van der Waals surface area contributed by atoms with E-state index in [4.69, 9.17) is 5.11 Å². The number of carbonyl (C=O) groups excluding carboxylic acids is 2. The molecule has 2 aliphatic rings. The summed E-state index contributed by atoms with van der Waals surface area (Å²) >= 11 is 0. The van der Waals surface area contributed by atoms with Gasteiger partial charge >= 0.3 is 18.0 Å². The van der Waals surface area contributed by atoms with Crippen LogP contribution in [0.4, 0.5) is 4.79 Å². The zero-order chi connectivity index (χ0) is 14.9. The highest BCUT2D eigenvalue weighted by Gasteiger charge is 2.42. The number of amides is 2. The van der Waals surface area contributed by atoms with E-state index in [1.807, 2.05) is 0 Å². The van der Waals surface area contributed by atoms with Gasteiger partial charge in [0.1, 0.15) is 6.04 Å². The van der Waals surface area contributed by atoms with Gasteiger partial charge in [-0.25, -0.2) is 9.59 Å². The van der Waals surface area contributed by atoms with E-state index in [1.54, 1.807) is 0 Å². The van der Waals surface area contributed by atoms with Crippen LogP contribution in [0.5, 0.6) is 0 Å². The molecule has 112 valence electrons. The molecule has 2 amide bonds. The summed E-state index contributed by atoms with van der Waals surface area (Å²) in [6.07, 6.45) is -0.277. The molecule has 3 atom stereocenters. The van der Waals surface area contributed by atoms with Gasteiger partial charge in [0.15, 0.2) is 0 Å². The van der Waals surface area contributed by atoms with Crippen LogP contribution < -0.4 is 0 Å². The summed E-state index contributed by atoms with van der Waals surface area (Å²) in [6, 6.07) is -1.45. The lowest BCUT2D eigenvalue weighted by Gasteiger charge is -2.27. The zero-order valence-electron chi connectivity index (χ0n) is 11.2. The van der Waals surface area contributed by atoms with Gasteiger partial charge in [-0.1, -0.05) is 0 Å². The summed E-state index contributed by atoms with van der Waals surface area (Å²) in [5.74, 6) is -1.85. The molecular formula is C12H18N2O6. The molecule has 0 bridgehead atoms. The largest absolute Gasteiger partial charge is 0.480 e. The van der Waals surface area contributed by atoms with Crippen LogP contribution in [0.2, 0.25) is 0 Å². The van der Waals surface area contributed by atoms with Crippen LogP contribution in [0.1, 0.15) is 12.8 Å². The van der Waals surface area contributed by atoms with Crippen LogP contribution >= 0.6 is 0 Å². The van der Waals surface area contributed by atoms with Crippen molar-refractivity contribution in [1.29, 1.82) is 0 Å². The van der Waals surface area contributed by atoms with Gasteiger partial charge in [0.25, 0.3) is 0 Å². The van der Waals surface area contributed by atoms with Gasteiger partial charge in [-0.3, -0.25) is 4.79 Å². The molecule has 20 heavy (non-hydrogen) atoms. The minimum atomic E-state index is -1.13. The van der Waals surface area contributed by atoms with Crippen molar-refractivity contribution in [3.05, 3.63) is 0 Å². The van der Waals surface area contributed by atoms with Gasteiger partial charge in [-0.15, -0.1) is 0 Å². The van der Waals surface area contributed by atoms with Crippen LogP contribution in [-0.4, -0.2) is 76.9 Å². The topological polar surface area (TPSA) is 107 Å². The number of likely N-dealkylation sites (tertiary alicyclic amines) is 2. The van der Waals surface area contributed by atoms with Gasteiger partial charge in [-0.2, -0.15) is 0 Å². The van der Waals surface area contributed by atoms with Crippen LogP contribution in [0.3, 0.4) is 0 Å². The van der Waals surface area contributed by atoms with Crippen LogP contribution in [-0.2, 0) is 14.3 Å². The lowest BCUT2D eigenvalue weighted by Crippen LogP contribution is -2.47. The molecule has 2 aliphatic heterocycles. The molecule has 0 aliphatic carbocycles. The van der Waals surface area contributed by atoms with Gasteiger partial charge in [0, 0.05) is 26.1 Å². The molecule has 2 heterocycles. The quantitative estimate of drug-likeness (QED) is 0.638. The molecule has 0 aromatic carbocycles. The van der Waals surface area contributed by atoms with E-state index in [1.165, 1.54) is 12.0 Å². The number of ether oxygens (including phenoxy) is 1. The highest BCUT2D eigenvalue weighted by Crippen LogP contribution is 2.24. The van der Waals surface area contributed by atoms with Crippen molar-refractivity contribution in [1.82, 2.24) is 9.80 Å². The number of methoxy groups -OCH3 is 1. The van der Waals surface area contributed by atoms with Crippen LogP contribution in [0.15, 0.2) is 0 Å². The third-order valence-electron chi connectivity index (χ3n) is 3.80. The molecule has 2 fully saturated rings. The fraction of sp³-hybridized carbons (Fsp3) is 0.750. The molecule has 8 nitrogen and oxygen atoms in total.